The van der Waals surface area contributed by atoms with Crippen molar-refractivity contribution < 1.29 is 56.7 Å². The number of carboxylic acid groups (broad SMARTS) is 2. The molecule has 1 radical (unpaired) electrons. The van der Waals surface area contributed by atoms with Crippen LogP contribution in [-0.2, 0) is 46.4 Å². The Hall–Kier alpha value is -0.221. The van der Waals surface area contributed by atoms with Crippen molar-refractivity contribution in [3.8, 4) is 0 Å². The summed E-state index contributed by atoms with van der Waals surface area (Å²) in [6, 6.07) is 0. The summed E-state index contributed by atoms with van der Waals surface area (Å²) in [5, 5.41) is 17.8. The van der Waals surface area contributed by atoms with Gasteiger partial charge in [-0.1, -0.05) is 0 Å². The number of carbonyl (C=O) groups excluding carboxylic acids is 2. The molecule has 0 aliphatic rings. The molecule has 0 aliphatic carbocycles. The number of rotatable bonds is 0. The Morgan fingerprint density at radius 1 is 1.00 bits per heavy atom. The Kier molecular flexibility index (Phi) is 46.0. The molecule has 0 bridgehead atoms. The Balaban J connectivity index is -0.0000000339. The van der Waals surface area contributed by atoms with E-state index in [1.165, 1.54) is 0 Å². The van der Waals surface area contributed by atoms with Gasteiger partial charge in [-0.05, 0) is 13.8 Å². The molecule has 0 saturated carbocycles. The third-order valence-corrected chi connectivity index (χ3v) is 0. The van der Waals surface area contributed by atoms with Crippen LogP contribution in [0.15, 0.2) is 0 Å². The van der Waals surface area contributed by atoms with Crippen LogP contribution in [0.4, 0.5) is 0 Å². The topological polar surface area (TPSA) is 97.3 Å². The molecule has 0 rings (SSSR count). The first-order valence-electron chi connectivity index (χ1n) is 1.94. The van der Waals surface area contributed by atoms with E-state index in [4.69, 9.17) is 23.6 Å². The SMILES string of the molecule is CC(=O)[O-].CC(=O)[O-].[Cu+2].[O]=[Cu]. The molecule has 0 aromatic carbocycles. The fourth-order valence-corrected chi connectivity index (χ4v) is 0. The van der Waals surface area contributed by atoms with Crippen LogP contribution in [0.25, 0.3) is 0 Å². The predicted octanol–water partition coefficient (Wildman–Crippen LogP) is -2.61. The van der Waals surface area contributed by atoms with Crippen molar-refractivity contribution in [1.29, 1.82) is 0 Å². The summed E-state index contributed by atoms with van der Waals surface area (Å²) in [6.45, 7) is 1.94. The fraction of sp³-hybridized carbons (Fsp3) is 0.500. The van der Waals surface area contributed by atoms with E-state index in [1.54, 1.807) is 0 Å². The van der Waals surface area contributed by atoms with Gasteiger partial charge in [0, 0.05) is 11.9 Å². The third-order valence-electron chi connectivity index (χ3n) is 0. The summed E-state index contributed by atoms with van der Waals surface area (Å²) >= 11 is 2.94. The zero-order valence-corrected chi connectivity index (χ0v) is 7.53. The van der Waals surface area contributed by atoms with Crippen LogP contribution in [0.3, 0.4) is 0 Å². The Morgan fingerprint density at radius 3 is 1.00 bits per heavy atom. The molecule has 0 spiro atoms. The summed E-state index contributed by atoms with van der Waals surface area (Å²) in [5.74, 6) is -2.17. The fourth-order valence-electron chi connectivity index (χ4n) is 0. The number of hydrogen-bond donors (Lipinski definition) is 0. The van der Waals surface area contributed by atoms with Crippen LogP contribution < -0.4 is 10.2 Å². The van der Waals surface area contributed by atoms with Crippen molar-refractivity contribution in [1.82, 2.24) is 0 Å². The second-order valence-electron chi connectivity index (χ2n) is 0.983. The van der Waals surface area contributed by atoms with Crippen LogP contribution in [0.2, 0.25) is 0 Å². The monoisotopic (exact) mass is 260 g/mol. The van der Waals surface area contributed by atoms with Gasteiger partial charge in [-0.2, -0.15) is 0 Å². The third kappa shape index (κ3) is 12100. The molecule has 0 fully saturated rings. The van der Waals surface area contributed by atoms with Gasteiger partial charge in [0.2, 0.25) is 0 Å². The van der Waals surface area contributed by atoms with E-state index < -0.39 is 11.9 Å². The summed E-state index contributed by atoms with van der Waals surface area (Å²) in [5.41, 5.74) is 0. The summed E-state index contributed by atoms with van der Waals surface area (Å²) < 4.78 is 7.81. The van der Waals surface area contributed by atoms with E-state index in [2.05, 4.69) is 15.9 Å². The second kappa shape index (κ2) is 22.6. The molecule has 0 amide bonds. The quantitative estimate of drug-likeness (QED) is 0.445. The van der Waals surface area contributed by atoms with Gasteiger partial charge in [-0.3, -0.25) is 0 Å². The van der Waals surface area contributed by atoms with Crippen molar-refractivity contribution in [3.63, 3.8) is 0 Å². The average Bonchev–Trinajstić information content (AvgIpc) is 1.66. The molecule has 7 heteroatoms. The van der Waals surface area contributed by atoms with Gasteiger partial charge in [0.15, 0.2) is 0 Å². The van der Waals surface area contributed by atoms with Crippen LogP contribution >= 0.6 is 0 Å². The Morgan fingerprint density at radius 2 is 1.00 bits per heavy atom. The molecule has 0 atom stereocenters. The number of carbonyl (C=O) groups is 2. The maximum absolute atomic E-state index is 8.89. The molecule has 5 nitrogen and oxygen atoms in total. The van der Waals surface area contributed by atoms with Gasteiger partial charge in [0.25, 0.3) is 0 Å². The van der Waals surface area contributed by atoms with E-state index in [1.807, 2.05) is 0 Å². The van der Waals surface area contributed by atoms with Crippen molar-refractivity contribution in [3.05, 3.63) is 0 Å². The van der Waals surface area contributed by atoms with Crippen LogP contribution in [-0.4, -0.2) is 11.9 Å². The first kappa shape index (κ1) is 22.4. The molecule has 0 N–H and O–H groups in total. The standard InChI is InChI=1S/2C2H4O2.2Cu.O/c2*1-2(3)4;;;/h2*1H3,(H,3,4);;;/q;;;+2;/p-2. The van der Waals surface area contributed by atoms with Crippen molar-refractivity contribution >= 4 is 11.9 Å². The summed E-state index contributed by atoms with van der Waals surface area (Å²) in [4.78, 5) is 17.8. The number of aliphatic carboxylic acids is 2. The minimum absolute atomic E-state index is 0. The molecule has 0 saturated heterocycles. The van der Waals surface area contributed by atoms with Gasteiger partial charge in [0.05, 0.1) is 0 Å². The normalized spacial score (nSPS) is 5.09. The number of hydrogen-bond acceptors (Lipinski definition) is 5. The zero-order valence-electron chi connectivity index (χ0n) is 5.64. The Bertz CT molecular complexity index is 84.7. The van der Waals surface area contributed by atoms with Gasteiger partial charge < -0.3 is 19.8 Å². The first-order valence-corrected chi connectivity index (χ1v) is 2.32. The molecular weight excluding hydrogens is 255 g/mol. The summed E-state index contributed by atoms with van der Waals surface area (Å²) in [6.07, 6.45) is 0. The van der Waals surface area contributed by atoms with E-state index in [9.17, 15) is 0 Å². The van der Waals surface area contributed by atoms with E-state index in [0.29, 0.717) is 0 Å². The Labute approximate surface area is 82.7 Å². The molecule has 0 aliphatic heterocycles. The zero-order chi connectivity index (χ0) is 9.15. The van der Waals surface area contributed by atoms with Gasteiger partial charge in [-0.15, -0.1) is 0 Å². The minimum atomic E-state index is -1.08. The number of carboxylic acids is 2. The molecule has 0 aromatic rings. The van der Waals surface area contributed by atoms with E-state index in [-0.39, 0.29) is 17.1 Å². The molecular formula is C4H6Cu2O5. The van der Waals surface area contributed by atoms with E-state index >= 15 is 0 Å². The van der Waals surface area contributed by atoms with Crippen LogP contribution in [0, 0.1) is 0 Å². The average molecular weight is 261 g/mol. The van der Waals surface area contributed by atoms with Crippen LogP contribution in [0.5, 0.6) is 0 Å². The molecule has 74 valence electrons. The van der Waals surface area contributed by atoms with Crippen LogP contribution in [0.1, 0.15) is 13.8 Å². The van der Waals surface area contributed by atoms with Crippen molar-refractivity contribution in [2.45, 2.75) is 13.8 Å². The molecule has 0 aromatic heterocycles. The van der Waals surface area contributed by atoms with Crippen molar-refractivity contribution in [2.24, 2.45) is 0 Å². The molecule has 11 heavy (non-hydrogen) atoms. The predicted molar refractivity (Wildman–Crippen MR) is 22.0 cm³/mol. The molecule has 0 unspecified atom stereocenters. The maximum atomic E-state index is 8.89. The molecule has 0 heterocycles. The summed E-state index contributed by atoms with van der Waals surface area (Å²) in [7, 11) is 0. The van der Waals surface area contributed by atoms with Crippen molar-refractivity contribution in [2.75, 3.05) is 0 Å². The van der Waals surface area contributed by atoms with Gasteiger partial charge in [0.1, 0.15) is 0 Å². The second-order valence-corrected chi connectivity index (χ2v) is 0.983. The first-order chi connectivity index (χ1) is 4.46. The van der Waals surface area contributed by atoms with Gasteiger partial charge in [-0.25, -0.2) is 0 Å². The van der Waals surface area contributed by atoms with E-state index in [0.717, 1.165) is 13.8 Å². The van der Waals surface area contributed by atoms with Gasteiger partial charge >= 0.3 is 36.8 Å².